The molecule has 0 aliphatic heterocycles. The Balaban J connectivity index is 3.30. The van der Waals surface area contributed by atoms with E-state index < -0.39 is 22.2 Å². The molecule has 6 nitrogen and oxygen atoms in total. The number of carbonyl (C=O) groups excluding carboxylic acids is 2. The normalized spacial score (nSPS) is 13.2. The molecule has 108 valence electrons. The highest BCUT2D eigenvalue weighted by atomic mass is 79.9. The van der Waals surface area contributed by atoms with E-state index in [0.29, 0.717) is 5.56 Å². The highest BCUT2D eigenvalue weighted by molar-refractivity contribution is 9.10. The van der Waals surface area contributed by atoms with Crippen LogP contribution in [0.5, 0.6) is 11.5 Å². The van der Waals surface area contributed by atoms with Crippen LogP contribution in [0.1, 0.15) is 26.3 Å². The van der Waals surface area contributed by atoms with Gasteiger partial charge in [-0.05, 0) is 24.6 Å². The molecule has 0 aliphatic carbocycles. The Morgan fingerprint density at radius 2 is 1.60 bits per heavy atom. The maximum atomic E-state index is 11.2. The van der Waals surface area contributed by atoms with Crippen LogP contribution < -0.4 is 9.47 Å². The molecule has 7 heteroatoms. The standard InChI is InChI=1S/C13H13BrO6/c1-7(15)19-10-5-4-9(13(3,14)12(17)18)6-11(10)20-8(2)16/h4-6H,1-3H3,(H,17,18). The number of benzene rings is 1. The minimum absolute atomic E-state index is 0.0166. The lowest BCUT2D eigenvalue weighted by Crippen LogP contribution is -2.25. The van der Waals surface area contributed by atoms with E-state index in [0.717, 1.165) is 0 Å². The van der Waals surface area contributed by atoms with Crippen molar-refractivity contribution in [3.63, 3.8) is 0 Å². The smallest absolute Gasteiger partial charge is 0.324 e. The lowest BCUT2D eigenvalue weighted by Gasteiger charge is -2.19. The molecule has 0 aliphatic rings. The molecule has 0 heterocycles. The third-order valence-corrected chi connectivity index (χ3v) is 3.19. The number of esters is 2. The van der Waals surface area contributed by atoms with Crippen molar-refractivity contribution in [2.45, 2.75) is 25.1 Å². The zero-order chi connectivity index (χ0) is 15.5. The first kappa shape index (κ1) is 16.2. The van der Waals surface area contributed by atoms with Crippen molar-refractivity contribution in [1.82, 2.24) is 0 Å². The van der Waals surface area contributed by atoms with E-state index >= 15 is 0 Å². The Hall–Kier alpha value is -1.89. The number of hydrogen-bond acceptors (Lipinski definition) is 5. The number of ether oxygens (including phenoxy) is 2. The van der Waals surface area contributed by atoms with E-state index in [9.17, 15) is 14.4 Å². The van der Waals surface area contributed by atoms with Crippen LogP contribution >= 0.6 is 15.9 Å². The first-order valence-corrected chi connectivity index (χ1v) is 6.37. The number of alkyl halides is 1. The van der Waals surface area contributed by atoms with Crippen molar-refractivity contribution in [3.8, 4) is 11.5 Å². The molecule has 20 heavy (non-hydrogen) atoms. The number of carboxylic acid groups (broad SMARTS) is 1. The third kappa shape index (κ3) is 3.80. The van der Waals surface area contributed by atoms with Crippen molar-refractivity contribution >= 4 is 33.8 Å². The minimum Gasteiger partial charge on any atom is -0.480 e. The van der Waals surface area contributed by atoms with Gasteiger partial charge in [0.05, 0.1) is 0 Å². The lowest BCUT2D eigenvalue weighted by atomic mass is 10.0. The first-order chi connectivity index (χ1) is 9.14. The summed E-state index contributed by atoms with van der Waals surface area (Å²) in [6.07, 6.45) is 0. The SMILES string of the molecule is CC(=O)Oc1ccc(C(C)(Br)C(=O)O)cc1OC(C)=O. The zero-order valence-corrected chi connectivity index (χ0v) is 12.7. The van der Waals surface area contributed by atoms with Gasteiger partial charge in [0, 0.05) is 13.8 Å². The van der Waals surface area contributed by atoms with Gasteiger partial charge in [0.2, 0.25) is 0 Å². The Bertz CT molecular complexity index is 564. The van der Waals surface area contributed by atoms with Crippen LogP contribution in [0.4, 0.5) is 0 Å². The zero-order valence-electron chi connectivity index (χ0n) is 11.1. The number of aliphatic carboxylic acids is 1. The van der Waals surface area contributed by atoms with Crippen molar-refractivity contribution < 1.29 is 29.0 Å². The van der Waals surface area contributed by atoms with Crippen LogP contribution in [0, 0.1) is 0 Å². The van der Waals surface area contributed by atoms with E-state index in [1.54, 1.807) is 0 Å². The summed E-state index contributed by atoms with van der Waals surface area (Å²) < 4.78 is 8.48. The summed E-state index contributed by atoms with van der Waals surface area (Å²) >= 11 is 3.08. The van der Waals surface area contributed by atoms with Crippen molar-refractivity contribution in [2.24, 2.45) is 0 Å². The second-order valence-electron chi connectivity index (χ2n) is 4.16. The summed E-state index contributed by atoms with van der Waals surface area (Å²) in [5.74, 6) is -2.26. The molecule has 0 spiro atoms. The van der Waals surface area contributed by atoms with Crippen LogP contribution in [0.3, 0.4) is 0 Å². The van der Waals surface area contributed by atoms with Gasteiger partial charge in [-0.1, -0.05) is 22.0 Å². The maximum absolute atomic E-state index is 11.2. The lowest BCUT2D eigenvalue weighted by molar-refractivity contribution is -0.139. The first-order valence-electron chi connectivity index (χ1n) is 5.58. The van der Waals surface area contributed by atoms with Crippen molar-refractivity contribution in [3.05, 3.63) is 23.8 Å². The van der Waals surface area contributed by atoms with Crippen LogP contribution in [0.25, 0.3) is 0 Å². The molecule has 0 saturated carbocycles. The number of carboxylic acids is 1. The molecule has 1 atom stereocenters. The predicted molar refractivity (Wildman–Crippen MR) is 73.0 cm³/mol. The van der Waals surface area contributed by atoms with Gasteiger partial charge in [0.15, 0.2) is 11.5 Å². The van der Waals surface area contributed by atoms with Gasteiger partial charge < -0.3 is 14.6 Å². The summed E-state index contributed by atoms with van der Waals surface area (Å²) in [6.45, 7) is 3.83. The van der Waals surface area contributed by atoms with E-state index in [1.807, 2.05) is 0 Å². The van der Waals surface area contributed by atoms with Crippen LogP contribution in [0.15, 0.2) is 18.2 Å². The highest BCUT2D eigenvalue weighted by Gasteiger charge is 2.33. The van der Waals surface area contributed by atoms with E-state index in [-0.39, 0.29) is 11.5 Å². The van der Waals surface area contributed by atoms with Crippen LogP contribution in [-0.2, 0) is 18.7 Å². The molecule has 1 aromatic carbocycles. The summed E-state index contributed by atoms with van der Waals surface area (Å²) in [5.41, 5.74) is 0.345. The van der Waals surface area contributed by atoms with Gasteiger partial charge in [-0.25, -0.2) is 0 Å². The van der Waals surface area contributed by atoms with Gasteiger partial charge in [0.25, 0.3) is 0 Å². The van der Waals surface area contributed by atoms with Gasteiger partial charge in [0.1, 0.15) is 4.32 Å². The fourth-order valence-corrected chi connectivity index (χ4v) is 1.64. The largest absolute Gasteiger partial charge is 0.480 e. The van der Waals surface area contributed by atoms with Crippen molar-refractivity contribution in [1.29, 1.82) is 0 Å². The fraction of sp³-hybridized carbons (Fsp3) is 0.308. The van der Waals surface area contributed by atoms with Gasteiger partial charge in [-0.2, -0.15) is 0 Å². The molecule has 1 unspecified atom stereocenters. The average molecular weight is 345 g/mol. The number of hydrogen-bond donors (Lipinski definition) is 1. The van der Waals surface area contributed by atoms with E-state index in [1.165, 1.54) is 39.0 Å². The molecular formula is C13H13BrO6. The summed E-state index contributed by atoms with van der Waals surface area (Å²) in [6, 6.07) is 4.17. The molecule has 1 rings (SSSR count). The second-order valence-corrected chi connectivity index (χ2v) is 5.74. The Kier molecular flexibility index (Phi) is 4.88. The van der Waals surface area contributed by atoms with Crippen LogP contribution in [-0.4, -0.2) is 23.0 Å². The maximum Gasteiger partial charge on any atom is 0.324 e. The molecule has 1 N–H and O–H groups in total. The van der Waals surface area contributed by atoms with Gasteiger partial charge in [-0.15, -0.1) is 0 Å². The number of rotatable bonds is 4. The fourth-order valence-electron chi connectivity index (χ4n) is 1.40. The quantitative estimate of drug-likeness (QED) is 0.511. The van der Waals surface area contributed by atoms with Crippen molar-refractivity contribution in [2.75, 3.05) is 0 Å². The predicted octanol–water partition coefficient (Wildman–Crippen LogP) is 2.23. The highest BCUT2D eigenvalue weighted by Crippen LogP contribution is 2.37. The average Bonchev–Trinajstić information content (AvgIpc) is 2.29. The summed E-state index contributed by atoms with van der Waals surface area (Å²) in [5, 5.41) is 9.14. The topological polar surface area (TPSA) is 89.9 Å². The molecular weight excluding hydrogens is 332 g/mol. The van der Waals surface area contributed by atoms with Gasteiger partial charge >= 0.3 is 17.9 Å². The molecule has 1 aromatic rings. The number of halogens is 1. The van der Waals surface area contributed by atoms with Crippen LogP contribution in [0.2, 0.25) is 0 Å². The van der Waals surface area contributed by atoms with Gasteiger partial charge in [-0.3, -0.25) is 14.4 Å². The minimum atomic E-state index is -1.35. The number of carbonyl (C=O) groups is 3. The third-order valence-electron chi connectivity index (χ3n) is 2.39. The summed E-state index contributed by atoms with van der Waals surface area (Å²) in [7, 11) is 0. The second kappa shape index (κ2) is 6.04. The summed E-state index contributed by atoms with van der Waals surface area (Å²) in [4.78, 5) is 33.2. The monoisotopic (exact) mass is 344 g/mol. The molecule has 0 radical (unpaired) electrons. The molecule has 0 aromatic heterocycles. The molecule has 0 saturated heterocycles. The van der Waals surface area contributed by atoms with E-state index in [2.05, 4.69) is 15.9 Å². The Labute approximate surface area is 123 Å². The Morgan fingerprint density at radius 1 is 1.10 bits per heavy atom. The van der Waals surface area contributed by atoms with E-state index in [4.69, 9.17) is 14.6 Å². The molecule has 0 amide bonds. The Morgan fingerprint density at radius 3 is 2.05 bits per heavy atom. The molecule has 0 bridgehead atoms. The molecule has 0 fully saturated rings.